The second-order valence-corrected chi connectivity index (χ2v) is 22.6. The summed E-state index contributed by atoms with van der Waals surface area (Å²) in [5, 5.41) is 4.68. The largest absolute Gasteiger partial charge is 0.456 e. The molecule has 3 nitrogen and oxygen atoms in total. The highest BCUT2D eigenvalue weighted by molar-refractivity contribution is 7.00. The lowest BCUT2D eigenvalue weighted by Gasteiger charge is -2.41. The van der Waals surface area contributed by atoms with E-state index in [-0.39, 0.29) is 6.71 Å². The van der Waals surface area contributed by atoms with Gasteiger partial charge in [-0.05, 0) is 149 Å². The molecule has 384 valence electrons. The molecule has 0 fully saturated rings. The highest BCUT2D eigenvalue weighted by atomic mass is 16.3. The fraction of sp³-hybridized carbons (Fsp3) is 0.0127. The molecular formula is C79H49BN2O. The molecule has 0 saturated carbocycles. The number of hydrogen-bond acceptors (Lipinski definition) is 2. The van der Waals surface area contributed by atoms with Crippen molar-refractivity contribution in [2.45, 2.75) is 5.41 Å². The van der Waals surface area contributed by atoms with Gasteiger partial charge in [-0.3, -0.25) is 0 Å². The summed E-state index contributed by atoms with van der Waals surface area (Å²) in [4.78, 5) is 2.60. The summed E-state index contributed by atoms with van der Waals surface area (Å²) in [7, 11) is 0. The maximum Gasteiger partial charge on any atom is 0.252 e. The van der Waals surface area contributed by atoms with Gasteiger partial charge >= 0.3 is 0 Å². The predicted molar refractivity (Wildman–Crippen MR) is 346 cm³/mol. The first-order valence-electron chi connectivity index (χ1n) is 28.8. The van der Waals surface area contributed by atoms with Crippen molar-refractivity contribution in [3.63, 3.8) is 0 Å². The van der Waals surface area contributed by atoms with Crippen LogP contribution in [0.3, 0.4) is 0 Å². The van der Waals surface area contributed by atoms with Crippen LogP contribution in [0.15, 0.2) is 302 Å². The Kier molecular flexibility index (Phi) is 9.81. The average Bonchev–Trinajstić information content (AvgIpc) is 1.78. The van der Waals surface area contributed by atoms with Crippen LogP contribution in [0, 0.1) is 0 Å². The van der Waals surface area contributed by atoms with E-state index in [2.05, 4.69) is 307 Å². The van der Waals surface area contributed by atoms with Crippen LogP contribution in [0.1, 0.15) is 22.3 Å². The van der Waals surface area contributed by atoms with Crippen molar-refractivity contribution < 1.29 is 4.42 Å². The number of furan rings is 1. The Balaban J connectivity index is 0.967. The van der Waals surface area contributed by atoms with E-state index in [1.165, 1.54) is 94.0 Å². The van der Waals surface area contributed by atoms with Crippen LogP contribution >= 0.6 is 0 Å². The zero-order valence-electron chi connectivity index (χ0n) is 45.2. The zero-order chi connectivity index (χ0) is 54.3. The highest BCUT2D eigenvalue weighted by Crippen LogP contribution is 2.58. The van der Waals surface area contributed by atoms with Crippen LogP contribution in [0.2, 0.25) is 0 Å². The lowest BCUT2D eigenvalue weighted by Crippen LogP contribution is -2.60. The fourth-order valence-corrected chi connectivity index (χ4v) is 14.9. The maximum absolute atomic E-state index is 7.11. The first kappa shape index (κ1) is 46.1. The van der Waals surface area contributed by atoms with Gasteiger partial charge in [0.15, 0.2) is 0 Å². The predicted octanol–water partition coefficient (Wildman–Crippen LogP) is 18.3. The number of para-hydroxylation sites is 2. The molecule has 2 aliphatic heterocycles. The molecule has 0 spiro atoms. The number of nitrogens with zero attached hydrogens (tertiary/aromatic N) is 2. The highest BCUT2D eigenvalue weighted by Gasteiger charge is 2.48. The molecule has 3 aliphatic rings. The second kappa shape index (κ2) is 17.7. The minimum absolute atomic E-state index is 0.136. The molecule has 0 saturated heterocycles. The molecule has 4 heterocycles. The lowest BCUT2D eigenvalue weighted by atomic mass is 9.33. The lowest BCUT2D eigenvalue weighted by molar-refractivity contribution is 0.669. The fourth-order valence-electron chi connectivity index (χ4n) is 14.9. The molecule has 1 aliphatic carbocycles. The van der Waals surface area contributed by atoms with E-state index in [1.54, 1.807) is 0 Å². The third-order valence-electron chi connectivity index (χ3n) is 18.4. The van der Waals surface area contributed by atoms with Gasteiger partial charge in [0.2, 0.25) is 0 Å². The summed E-state index contributed by atoms with van der Waals surface area (Å²) in [6, 6.07) is 111. The quantitative estimate of drug-likeness (QED) is 0.148. The standard InChI is InChI=1S/C79H49BN2O/c1-6-22-50(23-7-1)53-28-20-29-55(42-53)59-34-17-19-39-70(59)81-72-47-65-61-41-40-54(51-24-8-2-9-25-51)45-75(61)83-76(65)49-69(72)80-68-38-21-36-62-64-46-63-60-35-16-18-37-66(60)79(57-30-12-4-13-31-57,58-32-14-5-15-33-58)67(63)48-71(64)82(78(62)68)74-44-56(43-73(81)77(74)80)52-26-10-3-11-27-52/h1-49H. The minimum atomic E-state index is -0.568. The van der Waals surface area contributed by atoms with Gasteiger partial charge in [-0.15, -0.1) is 0 Å². The van der Waals surface area contributed by atoms with Gasteiger partial charge in [-0.25, -0.2) is 0 Å². The van der Waals surface area contributed by atoms with Gasteiger partial charge in [0, 0.05) is 49.7 Å². The van der Waals surface area contributed by atoms with Gasteiger partial charge in [0.05, 0.1) is 16.6 Å². The van der Waals surface area contributed by atoms with Gasteiger partial charge in [-0.1, -0.05) is 237 Å². The molecule has 0 radical (unpaired) electrons. The summed E-state index contributed by atoms with van der Waals surface area (Å²) >= 11 is 0. The van der Waals surface area contributed by atoms with Crippen LogP contribution in [-0.4, -0.2) is 11.3 Å². The van der Waals surface area contributed by atoms with Crippen LogP contribution in [0.4, 0.5) is 17.1 Å². The van der Waals surface area contributed by atoms with Gasteiger partial charge in [0.25, 0.3) is 6.71 Å². The summed E-state index contributed by atoms with van der Waals surface area (Å²) in [5.74, 6) is 0. The topological polar surface area (TPSA) is 21.3 Å². The molecule has 13 aromatic carbocycles. The van der Waals surface area contributed by atoms with E-state index < -0.39 is 5.41 Å². The number of fused-ring (bicyclic) bond motifs is 13. The first-order valence-corrected chi connectivity index (χ1v) is 28.8. The normalized spacial score (nSPS) is 13.3. The Morgan fingerprint density at radius 3 is 1.60 bits per heavy atom. The third kappa shape index (κ3) is 6.58. The van der Waals surface area contributed by atoms with Crippen LogP contribution < -0.4 is 21.3 Å². The summed E-state index contributed by atoms with van der Waals surface area (Å²) in [6.45, 7) is -0.136. The molecule has 83 heavy (non-hydrogen) atoms. The summed E-state index contributed by atoms with van der Waals surface area (Å²) in [5.41, 5.74) is 28.9. The molecular weight excluding hydrogens is 1000 g/mol. The number of anilines is 3. The van der Waals surface area contributed by atoms with Crippen LogP contribution in [-0.2, 0) is 5.41 Å². The molecule has 0 atom stereocenters. The van der Waals surface area contributed by atoms with E-state index in [9.17, 15) is 0 Å². The van der Waals surface area contributed by atoms with E-state index >= 15 is 0 Å². The van der Waals surface area contributed by atoms with Crippen molar-refractivity contribution in [2.24, 2.45) is 0 Å². The number of aromatic nitrogens is 1. The SMILES string of the molecule is c1ccc(-c2cccc(-c3ccccc3N3c4cc5c(cc4B4c6c3cc(-c3ccccc3)cc6-n3c6cc7c(cc6c6cccc4c63)-c3ccccc3C7(c3ccccc3)c3ccccc3)oc3cc(-c4ccccc4)ccc35)c2)cc1. The Morgan fingerprint density at radius 2 is 0.880 bits per heavy atom. The molecule has 0 amide bonds. The van der Waals surface area contributed by atoms with E-state index in [0.29, 0.717) is 0 Å². The second-order valence-electron chi connectivity index (χ2n) is 22.6. The van der Waals surface area contributed by atoms with Crippen molar-refractivity contribution in [2.75, 3.05) is 4.90 Å². The average molecular weight is 1050 g/mol. The third-order valence-corrected chi connectivity index (χ3v) is 18.4. The Morgan fingerprint density at radius 1 is 0.301 bits per heavy atom. The van der Waals surface area contributed by atoms with E-state index in [1.807, 2.05) is 0 Å². The van der Waals surface area contributed by atoms with Gasteiger partial charge in [0.1, 0.15) is 11.2 Å². The molecule has 15 aromatic rings. The Bertz CT molecular complexity index is 5100. The zero-order valence-corrected chi connectivity index (χ0v) is 45.2. The van der Waals surface area contributed by atoms with Gasteiger partial charge < -0.3 is 13.9 Å². The molecule has 0 N–H and O–H groups in total. The van der Waals surface area contributed by atoms with Crippen molar-refractivity contribution in [3.8, 4) is 61.3 Å². The Hall–Kier alpha value is -10.7. The van der Waals surface area contributed by atoms with E-state index in [4.69, 9.17) is 4.42 Å². The smallest absolute Gasteiger partial charge is 0.252 e. The van der Waals surface area contributed by atoms with Gasteiger partial charge in [-0.2, -0.15) is 0 Å². The maximum atomic E-state index is 7.11. The minimum Gasteiger partial charge on any atom is -0.456 e. The monoisotopic (exact) mass is 1050 g/mol. The molecule has 0 unspecified atom stereocenters. The van der Waals surface area contributed by atoms with Crippen molar-refractivity contribution in [1.29, 1.82) is 0 Å². The summed E-state index contributed by atoms with van der Waals surface area (Å²) in [6.07, 6.45) is 0. The number of rotatable bonds is 7. The molecule has 4 heteroatoms. The summed E-state index contributed by atoms with van der Waals surface area (Å²) < 4.78 is 9.76. The van der Waals surface area contributed by atoms with Crippen molar-refractivity contribution in [3.05, 3.63) is 320 Å². The molecule has 18 rings (SSSR count). The first-order chi connectivity index (χ1) is 41.2. The van der Waals surface area contributed by atoms with Crippen LogP contribution in [0.25, 0.3) is 105 Å². The van der Waals surface area contributed by atoms with E-state index in [0.717, 1.165) is 66.8 Å². The number of hydrogen-bond donors (Lipinski definition) is 0. The Labute approximate surface area is 481 Å². The molecule has 2 aromatic heterocycles. The van der Waals surface area contributed by atoms with Crippen molar-refractivity contribution in [1.82, 2.24) is 4.57 Å². The van der Waals surface area contributed by atoms with Crippen LogP contribution in [0.5, 0.6) is 0 Å². The molecule has 0 bridgehead atoms. The number of benzene rings is 13. The van der Waals surface area contributed by atoms with Crippen molar-refractivity contribution >= 4 is 83.9 Å².